The first kappa shape index (κ1) is 39.2. The molecule has 0 saturated carbocycles. The molecular formula is C36H39F2N8O5S+. The molecule has 0 spiro atoms. The summed E-state index contributed by atoms with van der Waals surface area (Å²) in [6, 6.07) is 14.8. The molecule has 0 aliphatic carbocycles. The van der Waals surface area contributed by atoms with Crippen molar-refractivity contribution in [1.29, 1.82) is 5.26 Å². The number of likely N-dealkylation sites (N-methyl/N-ethyl adjacent to an activating group) is 1. The van der Waals surface area contributed by atoms with Crippen LogP contribution in [-0.4, -0.2) is 52.6 Å². The van der Waals surface area contributed by atoms with Gasteiger partial charge >= 0.3 is 12.1 Å². The zero-order valence-electron chi connectivity index (χ0n) is 29.0. The number of halogens is 2. The fourth-order valence-corrected chi connectivity index (χ4v) is 5.84. The molecule has 2 unspecified atom stereocenters. The van der Waals surface area contributed by atoms with Gasteiger partial charge in [0.15, 0.2) is 0 Å². The summed E-state index contributed by atoms with van der Waals surface area (Å²) in [4.78, 5) is 30.8. The maximum absolute atomic E-state index is 15.3. The number of carbonyl (C=O) groups excluding carboxylic acids is 2. The van der Waals surface area contributed by atoms with Crippen LogP contribution in [0.15, 0.2) is 90.3 Å². The molecular weight excluding hydrogens is 695 g/mol. The lowest BCUT2D eigenvalue weighted by atomic mass is 9.81. The Morgan fingerprint density at radius 2 is 1.98 bits per heavy atom. The van der Waals surface area contributed by atoms with Crippen LogP contribution in [0, 0.1) is 28.9 Å². The summed E-state index contributed by atoms with van der Waals surface area (Å²) < 4.78 is 43.4. The second-order valence-corrected chi connectivity index (χ2v) is 12.7. The van der Waals surface area contributed by atoms with Crippen molar-refractivity contribution >= 4 is 35.3 Å². The van der Waals surface area contributed by atoms with Crippen molar-refractivity contribution < 1.29 is 37.5 Å². The van der Waals surface area contributed by atoms with E-state index in [-0.39, 0.29) is 31.1 Å². The smallest absolute Gasteiger partial charge is 0.418 e. The molecule has 0 aliphatic rings. The summed E-state index contributed by atoms with van der Waals surface area (Å²) >= 11 is 1.11. The van der Waals surface area contributed by atoms with Crippen LogP contribution < -0.4 is 20.5 Å². The minimum absolute atomic E-state index is 0.0184. The molecule has 4 rings (SSSR count). The molecule has 2 aromatic carbocycles. The number of esters is 1. The Labute approximate surface area is 304 Å². The van der Waals surface area contributed by atoms with Crippen LogP contribution in [0.2, 0.25) is 0 Å². The molecule has 272 valence electrons. The van der Waals surface area contributed by atoms with Gasteiger partial charge in [0.1, 0.15) is 36.2 Å². The maximum Gasteiger partial charge on any atom is 0.418 e. The highest BCUT2D eigenvalue weighted by Crippen LogP contribution is 2.41. The number of hydrogen-bond acceptors (Lipinski definition) is 11. The van der Waals surface area contributed by atoms with Crippen molar-refractivity contribution in [2.75, 3.05) is 25.5 Å². The van der Waals surface area contributed by atoms with E-state index in [1.807, 2.05) is 6.07 Å². The molecule has 4 N–H and O–H groups in total. The van der Waals surface area contributed by atoms with Crippen LogP contribution in [0.3, 0.4) is 0 Å². The number of nitrogens with two attached hydrogens (primary N) is 1. The topological polar surface area (TPSA) is 172 Å². The molecule has 1 amide bonds. The number of aliphatic hydroxyl groups is 1. The molecule has 13 nitrogen and oxygen atoms in total. The van der Waals surface area contributed by atoms with Gasteiger partial charge in [-0.25, -0.2) is 18.6 Å². The van der Waals surface area contributed by atoms with E-state index in [9.17, 15) is 19.1 Å². The van der Waals surface area contributed by atoms with Gasteiger partial charge in [0.05, 0.1) is 18.2 Å². The van der Waals surface area contributed by atoms with Gasteiger partial charge in [-0.15, -0.1) is 16.4 Å². The molecule has 3 atom stereocenters. The molecule has 52 heavy (non-hydrogen) atoms. The number of nitriles is 1. The molecule has 0 fully saturated rings. The van der Waals surface area contributed by atoms with E-state index < -0.39 is 41.4 Å². The average molecular weight is 734 g/mol. The minimum atomic E-state index is -2.07. The molecule has 2 heterocycles. The summed E-state index contributed by atoms with van der Waals surface area (Å²) in [5, 5.41) is 29.8. The number of amides is 1. The lowest BCUT2D eigenvalue weighted by Crippen LogP contribution is -2.42. The second kappa shape index (κ2) is 17.5. The van der Waals surface area contributed by atoms with E-state index in [4.69, 9.17) is 20.5 Å². The van der Waals surface area contributed by atoms with Crippen LogP contribution in [0.1, 0.15) is 42.3 Å². The molecule has 16 heteroatoms. The summed E-state index contributed by atoms with van der Waals surface area (Å²) in [7, 11) is 3.07. The molecule has 0 bridgehead atoms. The third-order valence-electron chi connectivity index (χ3n) is 8.14. The van der Waals surface area contributed by atoms with Crippen molar-refractivity contribution in [3.05, 3.63) is 124 Å². The number of ether oxygens (including phenoxy) is 2. The van der Waals surface area contributed by atoms with Crippen molar-refractivity contribution in [2.24, 2.45) is 11.7 Å². The van der Waals surface area contributed by atoms with Gasteiger partial charge in [0.25, 0.3) is 6.33 Å². The molecule has 4 aromatic rings. The highest BCUT2D eigenvalue weighted by molar-refractivity contribution is 8.06. The van der Waals surface area contributed by atoms with Crippen LogP contribution in [0.5, 0.6) is 0 Å². The monoisotopic (exact) mass is 733 g/mol. The minimum Gasteiger partial charge on any atom is -0.460 e. The number of thioether (sulfide) groups is 1. The molecule has 0 radical (unpaired) electrons. The quantitative estimate of drug-likeness (QED) is 0.116. The second-order valence-electron chi connectivity index (χ2n) is 11.7. The van der Waals surface area contributed by atoms with Crippen molar-refractivity contribution in [3.63, 3.8) is 0 Å². The van der Waals surface area contributed by atoms with Gasteiger partial charge in [-0.3, -0.25) is 9.69 Å². The van der Waals surface area contributed by atoms with Gasteiger partial charge in [0, 0.05) is 48.0 Å². The number of benzene rings is 2. The highest BCUT2D eigenvalue weighted by atomic mass is 32.2. The van der Waals surface area contributed by atoms with Crippen LogP contribution in [0.4, 0.5) is 19.4 Å². The Morgan fingerprint density at radius 1 is 1.25 bits per heavy atom. The van der Waals surface area contributed by atoms with Gasteiger partial charge < -0.3 is 25.6 Å². The van der Waals surface area contributed by atoms with E-state index in [2.05, 4.69) is 22.0 Å². The number of nitrogens with zero attached hydrogens (tertiary/aromatic N) is 6. The molecule has 0 saturated heterocycles. The van der Waals surface area contributed by atoms with E-state index in [1.54, 1.807) is 62.7 Å². The van der Waals surface area contributed by atoms with Gasteiger partial charge in [0.2, 0.25) is 12.6 Å². The highest BCUT2D eigenvalue weighted by Gasteiger charge is 2.43. The number of anilines is 1. The number of nitrogens with one attached hydrogen (secondary N) is 1. The van der Waals surface area contributed by atoms with Crippen molar-refractivity contribution in [2.45, 2.75) is 38.8 Å². The Balaban J connectivity index is 1.51. The first-order valence-electron chi connectivity index (χ1n) is 15.9. The van der Waals surface area contributed by atoms with Crippen LogP contribution in [0.25, 0.3) is 5.70 Å². The zero-order chi connectivity index (χ0) is 38.0. The van der Waals surface area contributed by atoms with E-state index in [1.165, 1.54) is 40.0 Å². The van der Waals surface area contributed by atoms with E-state index in [0.717, 1.165) is 30.0 Å². The summed E-state index contributed by atoms with van der Waals surface area (Å²) in [5.74, 6) is -2.73. The van der Waals surface area contributed by atoms with Crippen molar-refractivity contribution in [3.8, 4) is 6.07 Å². The summed E-state index contributed by atoms with van der Waals surface area (Å²) in [6.45, 7) is 6.85. The van der Waals surface area contributed by atoms with Crippen molar-refractivity contribution in [1.82, 2.24) is 20.1 Å². The molecule has 2 aromatic heterocycles. The lowest BCUT2D eigenvalue weighted by molar-refractivity contribution is -0.753. The fourth-order valence-electron chi connectivity index (χ4n) is 5.02. The van der Waals surface area contributed by atoms with Crippen LogP contribution in [-0.2, 0) is 33.0 Å². The Bertz CT molecular complexity index is 1980. The average Bonchev–Trinajstić information content (AvgIpc) is 3.61. The normalized spacial score (nSPS) is 13.7. The SMILES string of the molecule is C=C(S/C=C(\N)c1ccc(C#N)cc1)[C@H](C)C(O)(Cn1c[n+](C(C)OC(=O)N(C)c2ncccc2COC(=O)CNC)cn1)c1cc(F)ccc1F. The largest absolute Gasteiger partial charge is 0.460 e. The number of aromatic nitrogens is 4. The maximum atomic E-state index is 15.3. The first-order chi connectivity index (χ1) is 24.8. The van der Waals surface area contributed by atoms with Crippen LogP contribution >= 0.6 is 11.8 Å². The predicted molar refractivity (Wildman–Crippen MR) is 189 cm³/mol. The Kier molecular flexibility index (Phi) is 13.2. The predicted octanol–water partition coefficient (Wildman–Crippen LogP) is 4.50. The Hall–Kier alpha value is -5.63. The standard InChI is InChI=1S/C36H39F2N8O5S/c1-23(24(2)52-19-32(40)27-10-8-26(16-39)9-11-27)36(49,30-15-29(37)12-13-31(30)38)20-46-22-45(21-43-46)25(3)51-35(48)44(5)34-28(7-6-14-42-34)18-50-33(47)17-41-4/h6-15,19,21-23,25,41,49H,2,17-18,20,40H2,1,3-5H3/q+1/b32-19-/t23-,25?,36?/m0/s1. The number of rotatable bonds is 15. The zero-order valence-corrected chi connectivity index (χ0v) is 29.8. The molecule has 0 aliphatic heterocycles. The van der Waals surface area contributed by atoms with Gasteiger partial charge in [-0.2, -0.15) is 9.83 Å². The number of pyridine rings is 1. The first-order valence-corrected chi connectivity index (χ1v) is 16.8. The number of carbonyl (C=O) groups is 2. The lowest BCUT2D eigenvalue weighted by Gasteiger charge is -2.34. The third kappa shape index (κ3) is 9.57. The summed E-state index contributed by atoms with van der Waals surface area (Å²) in [6.07, 6.45) is 2.59. The van der Waals surface area contributed by atoms with E-state index >= 15 is 4.39 Å². The van der Waals surface area contributed by atoms with Gasteiger partial charge in [-0.05, 0) is 59.3 Å². The summed E-state index contributed by atoms with van der Waals surface area (Å²) in [5.41, 5.74) is 5.86. The van der Waals surface area contributed by atoms with Gasteiger partial charge in [-0.1, -0.05) is 31.7 Å². The number of hydrogen-bond donors (Lipinski definition) is 3. The third-order valence-corrected chi connectivity index (χ3v) is 9.17. The fraction of sp³-hybridized carbons (Fsp3) is 0.278. The van der Waals surface area contributed by atoms with E-state index in [0.29, 0.717) is 27.3 Å². The Morgan fingerprint density at radius 3 is 2.67 bits per heavy atom.